The third-order valence-electron chi connectivity index (χ3n) is 10.7. The van der Waals surface area contributed by atoms with Gasteiger partial charge in [0.1, 0.15) is 5.58 Å². The minimum Gasteiger partial charge on any atom is -0.748 e. The molecule has 90 heavy (non-hydrogen) atoms. The van der Waals surface area contributed by atoms with E-state index in [1.807, 2.05) is 0 Å². The minimum absolute atomic E-state index is 0. The van der Waals surface area contributed by atoms with Crippen LogP contribution in [0.25, 0.3) is 89.2 Å². The van der Waals surface area contributed by atoms with Gasteiger partial charge in [-0.05, 0) is 125 Å². The van der Waals surface area contributed by atoms with Crippen LogP contribution in [0, 0.1) is 85.5 Å². The molecular weight excluding hydrogens is 1500 g/mol. The number of furan rings is 2. The molecule has 8 heterocycles. The second-order valence-electron chi connectivity index (χ2n) is 17.0. The Balaban J connectivity index is 0.000000722. The number of para-hydroxylation sites is 1. The van der Waals surface area contributed by atoms with Crippen LogP contribution in [0.4, 0.5) is 0 Å². The van der Waals surface area contributed by atoms with E-state index in [9.17, 15) is 0 Å². The molecule has 8 aromatic heterocycles. The van der Waals surface area contributed by atoms with E-state index < -0.39 is 88.1 Å². The van der Waals surface area contributed by atoms with Gasteiger partial charge in [-0.1, -0.05) is 85.6 Å². The van der Waals surface area contributed by atoms with Crippen LogP contribution in [0.15, 0.2) is 173 Å². The summed E-state index contributed by atoms with van der Waals surface area (Å²) >= 11 is 0. The van der Waals surface area contributed by atoms with Gasteiger partial charge in [0.2, 0.25) is 11.4 Å². The second kappa shape index (κ2) is 40.9. The van der Waals surface area contributed by atoms with Gasteiger partial charge in [0.15, 0.2) is 0 Å². The van der Waals surface area contributed by atoms with E-state index in [1.165, 1.54) is 55.9 Å². The average molecular weight is 1590 g/mol. The summed E-state index contributed by atoms with van der Waals surface area (Å²) in [5.41, 5.74) is 5.87. The third-order valence-corrected chi connectivity index (χ3v) is 10.7. The van der Waals surface area contributed by atoms with E-state index in [-0.39, 0.29) is 133 Å². The van der Waals surface area contributed by atoms with Crippen LogP contribution in [0.1, 0.15) is 94.8 Å². The first-order chi connectivity index (χ1) is 52.2. The van der Waals surface area contributed by atoms with Crippen LogP contribution in [-0.4, -0.2) is 110 Å². The summed E-state index contributed by atoms with van der Waals surface area (Å²) in [6.45, 7) is -8.37. The van der Waals surface area contributed by atoms with Crippen molar-refractivity contribution in [2.24, 2.45) is 0 Å². The first kappa shape index (κ1) is 46.5. The first-order valence-corrected chi connectivity index (χ1v) is 26.7. The number of fused-ring (bicyclic) bond motifs is 6. The van der Waals surface area contributed by atoms with E-state index in [4.69, 9.17) is 90.9 Å². The maximum absolute atomic E-state index is 9.08. The molecule has 461 valence electrons. The number of terminal acetylenes is 1. The smallest absolute Gasteiger partial charge is 0.227 e. The first-order valence-electron chi connectivity index (χ1n) is 37.9. The molecule has 21 heteroatoms. The Morgan fingerprint density at radius 1 is 0.633 bits per heavy atom. The summed E-state index contributed by atoms with van der Waals surface area (Å²) < 4.78 is 235. The van der Waals surface area contributed by atoms with Crippen LogP contribution >= 0.6 is 0 Å². The fraction of sp³-hybridized carbons (Fsp3) is 0.188. The molecule has 0 saturated heterocycles. The Labute approximate surface area is 600 Å². The molecule has 0 atom stereocenters. The van der Waals surface area contributed by atoms with Crippen molar-refractivity contribution < 1.29 is 108 Å². The Morgan fingerprint density at radius 2 is 1.09 bits per heavy atom. The van der Waals surface area contributed by atoms with Gasteiger partial charge in [-0.2, -0.15) is 0 Å². The topological polar surface area (TPSA) is 201 Å². The predicted molar refractivity (Wildman–Crippen MR) is 365 cm³/mol. The number of nitrogens with zero attached hydrogens (tertiary/aromatic N) is 6. The SMILES string of the molecule is C.C#CC.CO.CO.CS(=O)(=O)[O-].[2H]C([2H])([2H])c1c[c-]c(-c2cc(C)c(C([2H])([2H])[2H])cn2)cc1.[2H]C([2H])([2H])c1c[c-]c(-c2cc(C)c(C([2H])([2H])[2H])cn2)cc1.[2H]c1nc(-c2[c-]ccc3c2oc2nc(C([2H])([2H])[2H])ccc23)c([2H])c([2H])c1[2H].[2H]c1nc(-c2cccc3c2oc2nc(C([2H])([2H])[2H])ccc23)c([2H])c([2H])c1[2H].[B][B]B([B])[B].[Ir].[Ir]. The number of aliphatic hydroxyl groups is 2. The number of rotatable bonds is 5. The molecule has 2 N–H and O–H groups in total. The normalized spacial score (nSPS) is 14.7. The van der Waals surface area contributed by atoms with E-state index in [1.54, 1.807) is 87.5 Å². The number of aliphatic hydroxyl groups excluding tert-OH is 2. The molecule has 0 spiro atoms. The fourth-order valence-electron chi connectivity index (χ4n) is 6.94. The molecule has 0 aliphatic rings. The standard InChI is InChI=1S/C17H12N2O.C17H11N2O.2C14H14N.C3H4.CH4O3S.2CH4O.CH4.B5.2Ir/c2*1-11-8-9-13-12-5-4-6-14(15-7-2-3-10-18-15)16(12)20-17(13)19-11;2*1-10-4-6-13(7-5-10)14-8-11(2)12(3)9-15-14;1-3-2;1-5(2,3)4;2*1-2;;1-4-5(2)3;;/h2-10H,1H3;2-5,7-10H,1H3;2*4-6,8-9H,1-3H3;1H,2H3;1H3,(H,2,3,4);2*2H,1H3;1H4;;;/q;3*-1;;;;;;;;/p-1/i2*1D3,2D,3D,7D,10D;2*1D3,3D3;;;;;;;;. The van der Waals surface area contributed by atoms with Gasteiger partial charge < -0.3 is 38.6 Å². The summed E-state index contributed by atoms with van der Waals surface area (Å²) in [5, 5.41) is 16.5. The number of hydrogen-bond donors (Lipinski definition) is 2. The van der Waals surface area contributed by atoms with Crippen molar-refractivity contribution in [3.8, 4) is 57.4 Å². The quantitative estimate of drug-likeness (QED) is 0.0714. The summed E-state index contributed by atoms with van der Waals surface area (Å²) in [6.07, 6.45) is 6.59. The number of aryl methyl sites for hydroxylation is 8. The molecule has 12 aromatic rings. The molecule has 0 saturated carbocycles. The Bertz CT molecular complexity index is 5130. The van der Waals surface area contributed by atoms with E-state index >= 15 is 0 Å². The molecule has 4 aromatic carbocycles. The minimum atomic E-state index is -3.92. The van der Waals surface area contributed by atoms with Crippen molar-refractivity contribution in [1.82, 2.24) is 29.9 Å². The van der Waals surface area contributed by atoms with Gasteiger partial charge in [-0.15, -0.1) is 101 Å². The van der Waals surface area contributed by atoms with Crippen molar-refractivity contribution in [2.45, 2.75) is 69.3 Å². The number of benzene rings is 4. The van der Waals surface area contributed by atoms with Gasteiger partial charge >= 0.3 is 0 Å². The van der Waals surface area contributed by atoms with Crippen molar-refractivity contribution in [1.29, 1.82) is 0 Å². The zero-order chi connectivity index (χ0) is 86.2. The number of aromatic nitrogens is 6. The van der Waals surface area contributed by atoms with Crippen LogP contribution in [-0.2, 0) is 50.3 Å². The van der Waals surface area contributed by atoms with Gasteiger partial charge in [-0.25, -0.2) is 18.4 Å². The Kier molecular flexibility index (Phi) is 21.1. The largest absolute Gasteiger partial charge is 0.748 e. The molecule has 0 unspecified atom stereocenters. The number of hydrogen-bond acceptors (Lipinski definition) is 13. The molecule has 0 fully saturated rings. The molecule has 0 aliphatic heterocycles. The predicted octanol–water partition coefficient (Wildman–Crippen LogP) is 13.2. The molecule has 9 radical (unpaired) electrons. The molecule has 12 rings (SSSR count). The van der Waals surface area contributed by atoms with Crippen LogP contribution < -0.4 is 0 Å². The number of pyridine rings is 6. The molecule has 0 aliphatic carbocycles. The summed E-state index contributed by atoms with van der Waals surface area (Å²) in [7, 11) is 13.9. The molecule has 0 bridgehead atoms. The zero-order valence-electron chi connectivity index (χ0n) is 74.1. The summed E-state index contributed by atoms with van der Waals surface area (Å²) in [6, 6.07) is 33.4. The van der Waals surface area contributed by atoms with Crippen LogP contribution in [0.3, 0.4) is 0 Å². The maximum Gasteiger partial charge on any atom is 0.227 e. The summed E-state index contributed by atoms with van der Waals surface area (Å²) in [5.74, 6) is 2.25. The Morgan fingerprint density at radius 3 is 1.51 bits per heavy atom. The van der Waals surface area contributed by atoms with Crippen molar-refractivity contribution in [3.63, 3.8) is 0 Å². The average Bonchev–Trinajstić information content (AvgIpc) is 1.60. The van der Waals surface area contributed by atoms with Gasteiger partial charge in [0.05, 0.1) is 32.4 Å². The van der Waals surface area contributed by atoms with Gasteiger partial charge in [0.25, 0.3) is 0 Å². The van der Waals surface area contributed by atoms with Crippen molar-refractivity contribution in [3.05, 3.63) is 227 Å². The monoisotopic (exact) mass is 1590 g/mol. The second-order valence-corrected chi connectivity index (χ2v) is 18.4. The summed E-state index contributed by atoms with van der Waals surface area (Å²) in [4.78, 5) is 24.4. The van der Waals surface area contributed by atoms with Gasteiger partial charge in [-0.3, -0.25) is 4.98 Å². The van der Waals surface area contributed by atoms with Crippen LogP contribution in [0.5, 0.6) is 0 Å². The van der Waals surface area contributed by atoms with Crippen molar-refractivity contribution >= 4 is 90.9 Å². The third kappa shape index (κ3) is 25.0. The Hall–Kier alpha value is -7.61. The van der Waals surface area contributed by atoms with Gasteiger partial charge in [0, 0.05) is 180 Å². The van der Waals surface area contributed by atoms with Crippen molar-refractivity contribution in [2.75, 3.05) is 20.5 Å². The van der Waals surface area contributed by atoms with E-state index in [0.717, 1.165) is 14.2 Å². The fourth-order valence-corrected chi connectivity index (χ4v) is 6.94. The molecular formula is C69H70B5Ir2N6O7S-4. The molecule has 0 amide bonds. The van der Waals surface area contributed by atoms with E-state index in [0.29, 0.717) is 72.6 Å². The maximum atomic E-state index is 9.08. The zero-order valence-corrected chi connectivity index (χ0v) is 53.7. The van der Waals surface area contributed by atoms with E-state index in [2.05, 4.69) is 60.4 Å². The van der Waals surface area contributed by atoms with Crippen LogP contribution in [0.2, 0.25) is 0 Å². The molecule has 13 nitrogen and oxygen atoms in total.